The van der Waals surface area contributed by atoms with Gasteiger partial charge in [-0.2, -0.15) is 22.5 Å². The lowest BCUT2D eigenvalue weighted by Crippen LogP contribution is -2.52. The third-order valence-corrected chi connectivity index (χ3v) is 5.76. The van der Waals surface area contributed by atoms with E-state index >= 15 is 0 Å². The van der Waals surface area contributed by atoms with Crippen molar-refractivity contribution in [1.82, 2.24) is 23.8 Å². The maximum atomic E-state index is 12.7. The van der Waals surface area contributed by atoms with Crippen LogP contribution in [0.2, 0.25) is 0 Å². The summed E-state index contributed by atoms with van der Waals surface area (Å²) in [6, 6.07) is 7.19. The highest BCUT2D eigenvalue weighted by atomic mass is 32.2. The van der Waals surface area contributed by atoms with Gasteiger partial charge in [0, 0.05) is 19.1 Å². The lowest BCUT2D eigenvalue weighted by molar-refractivity contribution is -0.0444. The largest absolute Gasteiger partial charge is 0.373 e. The summed E-state index contributed by atoms with van der Waals surface area (Å²) in [5.74, 6) is 0. The minimum Gasteiger partial charge on any atom is -0.373 e. The van der Waals surface area contributed by atoms with E-state index in [1.165, 1.54) is 10.6 Å². The molecule has 0 aliphatic carbocycles. The molecule has 0 amide bonds. The van der Waals surface area contributed by atoms with Gasteiger partial charge in [0.2, 0.25) is 0 Å². The zero-order chi connectivity index (χ0) is 18.0. The fourth-order valence-electron chi connectivity index (χ4n) is 2.95. The fraction of sp³-hybridized carbons (Fsp3) is 0.500. The van der Waals surface area contributed by atoms with Gasteiger partial charge in [0.25, 0.3) is 10.2 Å². The maximum absolute atomic E-state index is 12.7. The summed E-state index contributed by atoms with van der Waals surface area (Å²) >= 11 is 0. The van der Waals surface area contributed by atoms with Crippen molar-refractivity contribution in [2.45, 2.75) is 39.0 Å². The number of rotatable bonds is 5. The van der Waals surface area contributed by atoms with E-state index < -0.39 is 10.2 Å². The van der Waals surface area contributed by atoms with Crippen LogP contribution in [0.1, 0.15) is 32.4 Å². The number of aromatic nitrogens is 3. The number of hydrogen-bond acceptors (Lipinski definition) is 5. The van der Waals surface area contributed by atoms with Crippen molar-refractivity contribution in [3.05, 3.63) is 42.5 Å². The van der Waals surface area contributed by atoms with Crippen molar-refractivity contribution in [1.29, 1.82) is 0 Å². The number of nitrogens with zero attached hydrogens (tertiary/aromatic N) is 4. The van der Waals surface area contributed by atoms with E-state index in [1.54, 1.807) is 11.0 Å². The van der Waals surface area contributed by atoms with Crippen LogP contribution < -0.4 is 4.72 Å². The Bertz CT molecular complexity index is 782. The van der Waals surface area contributed by atoms with Crippen molar-refractivity contribution < 1.29 is 13.2 Å². The molecule has 2 aromatic rings. The summed E-state index contributed by atoms with van der Waals surface area (Å²) in [6.45, 7) is 6.31. The summed E-state index contributed by atoms with van der Waals surface area (Å²) in [5, 5.41) is 4.07. The SMILES string of the molecule is C[C@@H]1CN(S(=O)(=O)N[C@@H](C)c2ccc(-n3cncn3)cc2)C[C@@H](C)O1. The van der Waals surface area contributed by atoms with Gasteiger partial charge in [0.05, 0.1) is 17.9 Å². The first-order chi connectivity index (χ1) is 11.8. The summed E-state index contributed by atoms with van der Waals surface area (Å²) in [4.78, 5) is 3.91. The molecule has 3 rings (SSSR count). The average molecular weight is 365 g/mol. The Kier molecular flexibility index (Phi) is 5.19. The van der Waals surface area contributed by atoms with E-state index in [4.69, 9.17) is 4.74 Å². The van der Waals surface area contributed by atoms with Crippen molar-refractivity contribution in [3.63, 3.8) is 0 Å². The van der Waals surface area contributed by atoms with Crippen LogP contribution >= 0.6 is 0 Å². The standard InChI is InChI=1S/C16H23N5O3S/c1-12-8-20(9-13(2)24-12)25(22,23)19-14(3)15-4-6-16(7-5-15)21-11-17-10-18-21/h4-7,10-14,19H,8-9H2,1-3H3/t12-,13-,14+/m1/s1. The predicted octanol–water partition coefficient (Wildman–Crippen LogP) is 1.27. The smallest absolute Gasteiger partial charge is 0.280 e. The first-order valence-corrected chi connectivity index (χ1v) is 9.67. The monoisotopic (exact) mass is 365 g/mol. The van der Waals surface area contributed by atoms with Crippen LogP contribution in [0.15, 0.2) is 36.9 Å². The average Bonchev–Trinajstić information content (AvgIpc) is 3.08. The van der Waals surface area contributed by atoms with Crippen LogP contribution in [-0.4, -0.2) is 52.8 Å². The van der Waals surface area contributed by atoms with Gasteiger partial charge in [-0.1, -0.05) is 12.1 Å². The van der Waals surface area contributed by atoms with Gasteiger partial charge < -0.3 is 4.74 Å². The van der Waals surface area contributed by atoms with Crippen molar-refractivity contribution in [2.75, 3.05) is 13.1 Å². The van der Waals surface area contributed by atoms with Crippen molar-refractivity contribution >= 4 is 10.2 Å². The molecule has 2 heterocycles. The molecule has 1 saturated heterocycles. The van der Waals surface area contributed by atoms with Crippen LogP contribution in [0.3, 0.4) is 0 Å². The van der Waals surface area contributed by atoms with Crippen molar-refractivity contribution in [2.24, 2.45) is 0 Å². The molecule has 1 aliphatic heterocycles. The second kappa shape index (κ2) is 7.20. The van der Waals surface area contributed by atoms with Gasteiger partial charge in [-0.15, -0.1) is 0 Å². The van der Waals surface area contributed by atoms with Gasteiger partial charge in [-0.25, -0.2) is 9.67 Å². The molecular weight excluding hydrogens is 342 g/mol. The lowest BCUT2D eigenvalue weighted by Gasteiger charge is -2.35. The van der Waals surface area contributed by atoms with E-state index in [1.807, 2.05) is 45.0 Å². The first-order valence-electron chi connectivity index (χ1n) is 8.23. The molecule has 3 atom stereocenters. The van der Waals surface area contributed by atoms with Crippen LogP contribution in [-0.2, 0) is 14.9 Å². The highest BCUT2D eigenvalue weighted by Crippen LogP contribution is 2.19. The number of benzene rings is 1. The maximum Gasteiger partial charge on any atom is 0.280 e. The van der Waals surface area contributed by atoms with E-state index in [0.717, 1.165) is 11.3 Å². The molecule has 136 valence electrons. The van der Waals surface area contributed by atoms with Crippen molar-refractivity contribution in [3.8, 4) is 5.69 Å². The normalized spacial score (nSPS) is 23.5. The van der Waals surface area contributed by atoms with Gasteiger partial charge >= 0.3 is 0 Å². The fourth-order valence-corrected chi connectivity index (χ4v) is 4.49. The molecular formula is C16H23N5O3S. The minimum atomic E-state index is -3.57. The molecule has 8 nitrogen and oxygen atoms in total. The first kappa shape index (κ1) is 18.0. The van der Waals surface area contributed by atoms with Gasteiger partial charge in [0.1, 0.15) is 12.7 Å². The Labute approximate surface area is 148 Å². The van der Waals surface area contributed by atoms with Gasteiger partial charge in [0.15, 0.2) is 0 Å². The Morgan fingerprint density at radius 3 is 2.40 bits per heavy atom. The summed E-state index contributed by atoms with van der Waals surface area (Å²) in [7, 11) is -3.57. The Morgan fingerprint density at radius 2 is 1.84 bits per heavy atom. The summed E-state index contributed by atoms with van der Waals surface area (Å²) in [5.41, 5.74) is 1.74. The number of morpholine rings is 1. The molecule has 0 spiro atoms. The van der Waals surface area contributed by atoms with Gasteiger partial charge in [-0.3, -0.25) is 0 Å². The van der Waals surface area contributed by atoms with Crippen LogP contribution in [0, 0.1) is 0 Å². The molecule has 0 radical (unpaired) electrons. The number of nitrogens with one attached hydrogen (secondary N) is 1. The Morgan fingerprint density at radius 1 is 1.20 bits per heavy atom. The topological polar surface area (TPSA) is 89.4 Å². The van der Waals surface area contributed by atoms with Crippen LogP contribution in [0.5, 0.6) is 0 Å². The number of hydrogen-bond donors (Lipinski definition) is 1. The third-order valence-electron chi connectivity index (χ3n) is 4.13. The molecule has 1 aromatic carbocycles. The Balaban J connectivity index is 1.69. The second-order valence-electron chi connectivity index (χ2n) is 6.35. The molecule has 9 heteroatoms. The predicted molar refractivity (Wildman–Crippen MR) is 93.4 cm³/mol. The van der Waals surface area contributed by atoms with E-state index in [-0.39, 0.29) is 18.2 Å². The molecule has 1 aromatic heterocycles. The third kappa shape index (κ3) is 4.24. The van der Waals surface area contributed by atoms with Crippen LogP contribution in [0.25, 0.3) is 5.69 Å². The zero-order valence-corrected chi connectivity index (χ0v) is 15.3. The molecule has 0 saturated carbocycles. The lowest BCUT2D eigenvalue weighted by atomic mass is 10.1. The molecule has 0 unspecified atom stereocenters. The minimum absolute atomic E-state index is 0.113. The molecule has 0 bridgehead atoms. The van der Waals surface area contributed by atoms with E-state index in [0.29, 0.717) is 13.1 Å². The molecule has 25 heavy (non-hydrogen) atoms. The Hall–Kier alpha value is -1.81. The molecule has 1 N–H and O–H groups in total. The quantitative estimate of drug-likeness (QED) is 0.862. The molecule has 1 aliphatic rings. The summed E-state index contributed by atoms with van der Waals surface area (Å²) in [6.07, 6.45) is 2.85. The second-order valence-corrected chi connectivity index (χ2v) is 8.05. The van der Waals surface area contributed by atoms with E-state index in [2.05, 4.69) is 14.8 Å². The number of ether oxygens (including phenoxy) is 1. The van der Waals surface area contributed by atoms with Gasteiger partial charge in [-0.05, 0) is 38.5 Å². The summed E-state index contributed by atoms with van der Waals surface area (Å²) < 4.78 is 36.7. The molecule has 1 fully saturated rings. The highest BCUT2D eigenvalue weighted by molar-refractivity contribution is 7.87. The van der Waals surface area contributed by atoms with E-state index in [9.17, 15) is 8.42 Å². The zero-order valence-electron chi connectivity index (χ0n) is 14.5. The highest BCUT2D eigenvalue weighted by Gasteiger charge is 2.31. The van der Waals surface area contributed by atoms with Crippen LogP contribution in [0.4, 0.5) is 0 Å².